The van der Waals surface area contributed by atoms with Crippen molar-refractivity contribution in [3.05, 3.63) is 53.6 Å². The number of benzene rings is 2. The van der Waals surface area contributed by atoms with Crippen molar-refractivity contribution in [3.63, 3.8) is 0 Å². The lowest BCUT2D eigenvalue weighted by molar-refractivity contribution is -0.124. The highest BCUT2D eigenvalue weighted by atomic mass is 32.2. The first kappa shape index (κ1) is 18.8. The smallest absolute Gasteiger partial charge is 0.256 e. The number of thioether (sulfide) groups is 1. The summed E-state index contributed by atoms with van der Waals surface area (Å²) in [6, 6.07) is 12.1. The molecule has 8 nitrogen and oxygen atoms in total. The summed E-state index contributed by atoms with van der Waals surface area (Å²) in [7, 11) is 0. The van der Waals surface area contributed by atoms with Crippen molar-refractivity contribution >= 4 is 35.2 Å². The highest BCUT2D eigenvalue weighted by Crippen LogP contribution is 2.48. The molecule has 0 aromatic heterocycles. The molecule has 154 valence electrons. The number of nitrogens with one attached hydrogen (secondary N) is 2. The number of nitrogens with zero attached hydrogens (tertiary/aromatic N) is 1. The van der Waals surface area contributed by atoms with Crippen LogP contribution in [0.15, 0.2) is 42.5 Å². The van der Waals surface area contributed by atoms with Gasteiger partial charge in [-0.15, -0.1) is 11.8 Å². The minimum Gasteiger partial charge on any atom is -0.454 e. The fraction of sp³-hybridized carbons (Fsp3) is 0.286. The summed E-state index contributed by atoms with van der Waals surface area (Å²) in [4.78, 5) is 39.2. The number of anilines is 1. The molecule has 2 N–H and O–H groups in total. The molecule has 3 heterocycles. The third-order valence-corrected chi connectivity index (χ3v) is 6.61. The van der Waals surface area contributed by atoms with Gasteiger partial charge in [0.25, 0.3) is 5.91 Å². The molecule has 5 rings (SSSR count). The number of rotatable bonds is 5. The van der Waals surface area contributed by atoms with Crippen molar-refractivity contribution in [1.82, 2.24) is 10.2 Å². The van der Waals surface area contributed by atoms with Crippen LogP contribution >= 0.6 is 11.8 Å². The minimum absolute atomic E-state index is 0.110. The van der Waals surface area contributed by atoms with Gasteiger partial charge in [0.15, 0.2) is 11.5 Å². The maximum absolute atomic E-state index is 12.7. The summed E-state index contributed by atoms with van der Waals surface area (Å²) in [6.45, 7) is 0.361. The van der Waals surface area contributed by atoms with Crippen LogP contribution in [0.3, 0.4) is 0 Å². The van der Waals surface area contributed by atoms with E-state index in [4.69, 9.17) is 9.47 Å². The van der Waals surface area contributed by atoms with Gasteiger partial charge < -0.3 is 25.0 Å². The molecule has 2 aromatic carbocycles. The summed E-state index contributed by atoms with van der Waals surface area (Å²) in [5, 5.41) is 5.46. The minimum atomic E-state index is -0.531. The quantitative estimate of drug-likeness (QED) is 0.762. The second kappa shape index (κ2) is 7.56. The maximum atomic E-state index is 12.7. The molecule has 0 saturated carbocycles. The van der Waals surface area contributed by atoms with Gasteiger partial charge in [-0.05, 0) is 23.8 Å². The molecule has 3 amide bonds. The lowest BCUT2D eigenvalue weighted by Gasteiger charge is -2.22. The van der Waals surface area contributed by atoms with Crippen molar-refractivity contribution in [2.24, 2.45) is 0 Å². The highest BCUT2D eigenvalue weighted by molar-refractivity contribution is 7.99. The molecule has 0 spiro atoms. The standard InChI is InChI=1S/C21H19N3O5S/c25-18(23-12-5-6-16-17(9-12)29-11-28-16)7-8-22-19(26)15-10-30-21-14-4-2-1-3-13(14)20(27)24(15)21/h1-6,9,15,21H,7-8,10-11H2,(H,22,26)(H,23,25)/t15-,21?/m0/s1. The Morgan fingerprint density at radius 1 is 1.13 bits per heavy atom. The topological polar surface area (TPSA) is 97.0 Å². The van der Waals surface area contributed by atoms with Crippen LogP contribution in [-0.2, 0) is 9.59 Å². The number of hydrogen-bond donors (Lipinski definition) is 2. The number of carbonyl (C=O) groups excluding carboxylic acids is 3. The summed E-state index contributed by atoms with van der Waals surface area (Å²) in [6.07, 6.45) is 0.123. The second-order valence-electron chi connectivity index (χ2n) is 7.16. The van der Waals surface area contributed by atoms with E-state index in [-0.39, 0.29) is 42.9 Å². The van der Waals surface area contributed by atoms with Crippen molar-refractivity contribution in [2.75, 3.05) is 24.4 Å². The van der Waals surface area contributed by atoms with E-state index < -0.39 is 6.04 Å². The third-order valence-electron chi connectivity index (χ3n) is 5.30. The van der Waals surface area contributed by atoms with E-state index in [1.54, 1.807) is 40.9 Å². The highest BCUT2D eigenvalue weighted by Gasteiger charge is 2.48. The van der Waals surface area contributed by atoms with E-state index in [9.17, 15) is 14.4 Å². The van der Waals surface area contributed by atoms with Crippen molar-refractivity contribution in [2.45, 2.75) is 17.8 Å². The zero-order valence-corrected chi connectivity index (χ0v) is 16.7. The number of ether oxygens (including phenoxy) is 2. The molecule has 0 bridgehead atoms. The Hall–Kier alpha value is -3.20. The maximum Gasteiger partial charge on any atom is 0.256 e. The van der Waals surface area contributed by atoms with Crippen LogP contribution in [-0.4, -0.2) is 47.8 Å². The zero-order valence-electron chi connectivity index (χ0n) is 15.9. The van der Waals surface area contributed by atoms with E-state index in [0.717, 1.165) is 5.56 Å². The Morgan fingerprint density at radius 3 is 2.87 bits per heavy atom. The molecule has 30 heavy (non-hydrogen) atoms. The number of hydrogen-bond acceptors (Lipinski definition) is 6. The van der Waals surface area contributed by atoms with Gasteiger partial charge in [-0.1, -0.05) is 18.2 Å². The molecule has 1 unspecified atom stereocenters. The van der Waals surface area contributed by atoms with Gasteiger partial charge in [-0.3, -0.25) is 14.4 Å². The van der Waals surface area contributed by atoms with Gasteiger partial charge in [0, 0.05) is 36.0 Å². The number of fused-ring (bicyclic) bond motifs is 4. The normalized spacial score (nSPS) is 20.7. The van der Waals surface area contributed by atoms with E-state index in [2.05, 4.69) is 10.6 Å². The van der Waals surface area contributed by atoms with Crippen LogP contribution in [0.4, 0.5) is 5.69 Å². The molecule has 1 saturated heterocycles. The first-order chi connectivity index (χ1) is 14.6. The van der Waals surface area contributed by atoms with E-state index in [0.29, 0.717) is 28.5 Å². The Bertz CT molecular complexity index is 1040. The van der Waals surface area contributed by atoms with Crippen molar-refractivity contribution in [3.8, 4) is 11.5 Å². The molecule has 0 aliphatic carbocycles. The zero-order chi connectivity index (χ0) is 20.7. The average molecular weight is 425 g/mol. The first-order valence-corrected chi connectivity index (χ1v) is 10.7. The van der Waals surface area contributed by atoms with Crippen LogP contribution in [0, 0.1) is 0 Å². The van der Waals surface area contributed by atoms with E-state index >= 15 is 0 Å². The summed E-state index contributed by atoms with van der Waals surface area (Å²) < 4.78 is 10.5. The van der Waals surface area contributed by atoms with Crippen LogP contribution in [0.25, 0.3) is 0 Å². The Balaban J connectivity index is 1.14. The molecular formula is C21H19N3O5S. The fourth-order valence-corrected chi connectivity index (χ4v) is 5.32. The molecule has 9 heteroatoms. The van der Waals surface area contributed by atoms with E-state index in [1.807, 2.05) is 18.2 Å². The van der Waals surface area contributed by atoms with E-state index in [1.165, 1.54) is 0 Å². The second-order valence-corrected chi connectivity index (χ2v) is 8.27. The predicted molar refractivity (Wildman–Crippen MR) is 110 cm³/mol. The summed E-state index contributed by atoms with van der Waals surface area (Å²) in [5.74, 6) is 1.21. The van der Waals surface area contributed by atoms with Crippen molar-refractivity contribution in [1.29, 1.82) is 0 Å². The number of carbonyl (C=O) groups is 3. The van der Waals surface area contributed by atoms with Crippen molar-refractivity contribution < 1.29 is 23.9 Å². The van der Waals surface area contributed by atoms with Gasteiger partial charge in [0.1, 0.15) is 11.4 Å². The molecular weight excluding hydrogens is 406 g/mol. The molecule has 0 radical (unpaired) electrons. The Labute approximate surface area is 176 Å². The van der Waals surface area contributed by atoms with Gasteiger partial charge >= 0.3 is 0 Å². The Morgan fingerprint density at radius 2 is 1.97 bits per heavy atom. The lowest BCUT2D eigenvalue weighted by atomic mass is 10.1. The molecule has 2 aromatic rings. The van der Waals surface area contributed by atoms with Gasteiger partial charge in [-0.2, -0.15) is 0 Å². The van der Waals surface area contributed by atoms with Gasteiger partial charge in [0.05, 0.1) is 0 Å². The van der Waals surface area contributed by atoms with Gasteiger partial charge in [0.2, 0.25) is 18.6 Å². The van der Waals surface area contributed by atoms with Gasteiger partial charge in [-0.25, -0.2) is 0 Å². The Kier molecular flexibility index (Phi) is 4.74. The van der Waals surface area contributed by atoms with Crippen LogP contribution in [0.5, 0.6) is 11.5 Å². The van der Waals surface area contributed by atoms with Crippen LogP contribution in [0.2, 0.25) is 0 Å². The summed E-state index contributed by atoms with van der Waals surface area (Å²) in [5.41, 5.74) is 2.23. The molecule has 3 aliphatic rings. The fourth-order valence-electron chi connectivity index (χ4n) is 3.86. The van der Waals surface area contributed by atoms with Crippen LogP contribution in [0.1, 0.15) is 27.7 Å². The first-order valence-electron chi connectivity index (χ1n) is 9.62. The SMILES string of the molecule is O=C(CCNC(=O)[C@@H]1CSC2c3ccccc3C(=O)N21)Nc1ccc2c(c1)OCO2. The molecule has 2 atom stereocenters. The third kappa shape index (κ3) is 3.24. The molecule has 1 fully saturated rings. The monoisotopic (exact) mass is 425 g/mol. The average Bonchev–Trinajstić information content (AvgIpc) is 3.45. The summed E-state index contributed by atoms with van der Waals surface area (Å²) >= 11 is 1.59. The lowest BCUT2D eigenvalue weighted by Crippen LogP contribution is -2.46. The largest absolute Gasteiger partial charge is 0.454 e. The number of amides is 3. The predicted octanol–water partition coefficient (Wildman–Crippen LogP) is 2.13. The van der Waals surface area contributed by atoms with Crippen LogP contribution < -0.4 is 20.1 Å². The molecule has 3 aliphatic heterocycles.